The highest BCUT2D eigenvalue weighted by Gasteiger charge is 2.14. The molecule has 0 saturated carbocycles. The van der Waals surface area contributed by atoms with Gasteiger partial charge in [0.2, 0.25) is 0 Å². The lowest BCUT2D eigenvalue weighted by Gasteiger charge is -2.04. The fourth-order valence-electron chi connectivity index (χ4n) is 1.46. The Morgan fingerprint density at radius 1 is 1.53 bits per heavy atom. The van der Waals surface area contributed by atoms with Crippen molar-refractivity contribution >= 4 is 33.5 Å². The van der Waals surface area contributed by atoms with E-state index >= 15 is 0 Å². The Balaban J connectivity index is 2.57. The molecule has 2 rings (SSSR count). The molecule has 0 spiro atoms. The molecule has 0 unspecified atom stereocenters. The second-order valence-electron chi connectivity index (χ2n) is 3.51. The predicted octanol–water partition coefficient (Wildman–Crippen LogP) is 3.29. The summed E-state index contributed by atoms with van der Waals surface area (Å²) in [6.07, 6.45) is 1.65. The molecule has 0 bridgehead atoms. The topological polar surface area (TPSA) is 55.1 Å². The van der Waals surface area contributed by atoms with Crippen LogP contribution in [0.25, 0.3) is 5.69 Å². The molecular weight excluding hydrogens is 307 g/mol. The number of carboxylic acid groups (broad SMARTS) is 1. The van der Waals surface area contributed by atoms with Crippen LogP contribution in [0.2, 0.25) is 5.02 Å². The molecule has 4 nitrogen and oxygen atoms in total. The molecule has 88 valence electrons. The molecule has 6 heteroatoms. The van der Waals surface area contributed by atoms with Crippen LogP contribution in [0.5, 0.6) is 0 Å². The van der Waals surface area contributed by atoms with E-state index in [1.807, 2.05) is 0 Å². The zero-order valence-electron chi connectivity index (χ0n) is 8.82. The third kappa shape index (κ3) is 2.35. The Hall–Kier alpha value is -1.33. The van der Waals surface area contributed by atoms with Crippen LogP contribution in [0.15, 0.2) is 28.9 Å². The number of rotatable bonds is 2. The van der Waals surface area contributed by atoms with E-state index in [9.17, 15) is 4.79 Å². The summed E-state index contributed by atoms with van der Waals surface area (Å²) >= 11 is 9.27. The maximum absolute atomic E-state index is 10.9. The number of hydrogen-bond acceptors (Lipinski definition) is 2. The first kappa shape index (κ1) is 12.1. The van der Waals surface area contributed by atoms with Gasteiger partial charge < -0.3 is 5.11 Å². The summed E-state index contributed by atoms with van der Waals surface area (Å²) in [6.45, 7) is 1.70. The van der Waals surface area contributed by atoms with Crippen molar-refractivity contribution in [2.45, 2.75) is 6.92 Å². The molecule has 0 radical (unpaired) electrons. The summed E-state index contributed by atoms with van der Waals surface area (Å²) in [7, 11) is 0. The van der Waals surface area contributed by atoms with Crippen LogP contribution >= 0.6 is 27.5 Å². The SMILES string of the molecule is Cc1cn(-c2cc(Cl)ccc2Br)nc1C(=O)O. The minimum Gasteiger partial charge on any atom is -0.476 e. The maximum Gasteiger partial charge on any atom is 0.356 e. The summed E-state index contributed by atoms with van der Waals surface area (Å²) in [4.78, 5) is 10.9. The molecule has 1 N–H and O–H groups in total. The molecule has 0 amide bonds. The van der Waals surface area contributed by atoms with Crippen molar-refractivity contribution < 1.29 is 9.90 Å². The second-order valence-corrected chi connectivity index (χ2v) is 4.80. The number of carbonyl (C=O) groups is 1. The smallest absolute Gasteiger partial charge is 0.356 e. The van der Waals surface area contributed by atoms with E-state index in [4.69, 9.17) is 16.7 Å². The molecular formula is C11H8BrClN2O2. The highest BCUT2D eigenvalue weighted by atomic mass is 79.9. The Morgan fingerprint density at radius 2 is 2.24 bits per heavy atom. The molecule has 0 aliphatic rings. The number of hydrogen-bond donors (Lipinski definition) is 1. The van der Waals surface area contributed by atoms with Gasteiger partial charge in [0.25, 0.3) is 0 Å². The van der Waals surface area contributed by atoms with Gasteiger partial charge in [0.05, 0.1) is 5.69 Å². The van der Waals surface area contributed by atoms with Crippen molar-refractivity contribution in [2.75, 3.05) is 0 Å². The van der Waals surface area contributed by atoms with Gasteiger partial charge in [0.1, 0.15) is 0 Å². The highest BCUT2D eigenvalue weighted by Crippen LogP contribution is 2.25. The van der Waals surface area contributed by atoms with E-state index in [-0.39, 0.29) is 5.69 Å². The fraction of sp³-hybridized carbons (Fsp3) is 0.0909. The summed E-state index contributed by atoms with van der Waals surface area (Å²) < 4.78 is 2.29. The van der Waals surface area contributed by atoms with Gasteiger partial charge >= 0.3 is 5.97 Å². The largest absolute Gasteiger partial charge is 0.476 e. The minimum atomic E-state index is -1.04. The molecule has 1 aromatic heterocycles. The lowest BCUT2D eigenvalue weighted by Crippen LogP contribution is -2.02. The highest BCUT2D eigenvalue weighted by molar-refractivity contribution is 9.10. The van der Waals surface area contributed by atoms with Gasteiger partial charge in [-0.15, -0.1) is 0 Å². The van der Waals surface area contributed by atoms with Crippen molar-refractivity contribution in [3.63, 3.8) is 0 Å². The van der Waals surface area contributed by atoms with E-state index < -0.39 is 5.97 Å². The van der Waals surface area contributed by atoms with Crippen molar-refractivity contribution in [3.8, 4) is 5.69 Å². The quantitative estimate of drug-likeness (QED) is 0.925. The normalized spacial score (nSPS) is 10.5. The van der Waals surface area contributed by atoms with Crippen LogP contribution in [-0.4, -0.2) is 20.9 Å². The molecule has 17 heavy (non-hydrogen) atoms. The molecule has 1 aromatic carbocycles. The second kappa shape index (κ2) is 4.50. The first-order valence-corrected chi connectivity index (χ1v) is 5.91. The number of aromatic nitrogens is 2. The van der Waals surface area contributed by atoms with Crippen molar-refractivity contribution in [1.82, 2.24) is 9.78 Å². The molecule has 1 heterocycles. The van der Waals surface area contributed by atoms with Gasteiger partial charge in [-0.3, -0.25) is 0 Å². The zero-order valence-corrected chi connectivity index (χ0v) is 11.2. The molecule has 0 aliphatic heterocycles. The van der Waals surface area contributed by atoms with Crippen molar-refractivity contribution in [1.29, 1.82) is 0 Å². The van der Waals surface area contributed by atoms with Gasteiger partial charge in [-0.25, -0.2) is 9.48 Å². The molecule has 0 fully saturated rings. The van der Waals surface area contributed by atoms with Crippen LogP contribution in [0.4, 0.5) is 0 Å². The van der Waals surface area contributed by atoms with Crippen LogP contribution < -0.4 is 0 Å². The standard InChI is InChI=1S/C11H8BrClN2O2/c1-6-5-15(14-10(6)11(16)17)9-4-7(13)2-3-8(9)12/h2-5H,1H3,(H,16,17). The lowest BCUT2D eigenvalue weighted by atomic mass is 10.3. The predicted molar refractivity (Wildman–Crippen MR) is 68.0 cm³/mol. The first-order chi connectivity index (χ1) is 7.99. The average molecular weight is 316 g/mol. The fourth-order valence-corrected chi connectivity index (χ4v) is 2.05. The number of halogens is 2. The van der Waals surface area contributed by atoms with E-state index in [1.165, 1.54) is 4.68 Å². The molecule has 0 saturated heterocycles. The van der Waals surface area contributed by atoms with E-state index in [0.717, 1.165) is 4.47 Å². The van der Waals surface area contributed by atoms with Crippen LogP contribution in [0.3, 0.4) is 0 Å². The van der Waals surface area contributed by atoms with Crippen molar-refractivity contribution in [2.24, 2.45) is 0 Å². The zero-order chi connectivity index (χ0) is 12.6. The third-order valence-corrected chi connectivity index (χ3v) is 3.16. The van der Waals surface area contributed by atoms with E-state index in [2.05, 4.69) is 21.0 Å². The maximum atomic E-state index is 10.9. The van der Waals surface area contributed by atoms with Gasteiger partial charge in [-0.1, -0.05) is 11.6 Å². The molecule has 0 atom stereocenters. The third-order valence-electron chi connectivity index (χ3n) is 2.25. The number of aryl methyl sites for hydroxylation is 1. The van der Waals surface area contributed by atoms with Crippen LogP contribution in [-0.2, 0) is 0 Å². The molecule has 2 aromatic rings. The first-order valence-electron chi connectivity index (χ1n) is 4.74. The van der Waals surface area contributed by atoms with Crippen molar-refractivity contribution in [3.05, 3.63) is 45.1 Å². The Morgan fingerprint density at radius 3 is 2.82 bits per heavy atom. The lowest BCUT2D eigenvalue weighted by molar-refractivity contribution is 0.0689. The summed E-state index contributed by atoms with van der Waals surface area (Å²) in [6, 6.07) is 5.24. The van der Waals surface area contributed by atoms with Gasteiger partial charge in [0, 0.05) is 21.3 Å². The number of carboxylic acids is 1. The Kier molecular flexibility index (Phi) is 3.22. The number of benzene rings is 1. The summed E-state index contributed by atoms with van der Waals surface area (Å²) in [5, 5.41) is 13.5. The van der Waals surface area contributed by atoms with Gasteiger partial charge in [-0.05, 0) is 41.1 Å². The average Bonchev–Trinajstić information content (AvgIpc) is 2.64. The summed E-state index contributed by atoms with van der Waals surface area (Å²) in [5.41, 5.74) is 1.34. The Labute approximate surface area is 111 Å². The molecule has 0 aliphatic carbocycles. The number of nitrogens with zero attached hydrogens (tertiary/aromatic N) is 2. The van der Waals surface area contributed by atoms with Crippen LogP contribution in [0, 0.1) is 6.92 Å². The van der Waals surface area contributed by atoms with Gasteiger partial charge in [-0.2, -0.15) is 5.10 Å². The number of aromatic carboxylic acids is 1. The van der Waals surface area contributed by atoms with Gasteiger partial charge in [0.15, 0.2) is 5.69 Å². The Bertz CT molecular complexity index is 595. The summed E-state index contributed by atoms with van der Waals surface area (Å²) in [5.74, 6) is -1.04. The monoisotopic (exact) mass is 314 g/mol. The van der Waals surface area contributed by atoms with E-state index in [1.54, 1.807) is 31.3 Å². The van der Waals surface area contributed by atoms with Crippen LogP contribution in [0.1, 0.15) is 16.1 Å². The minimum absolute atomic E-state index is 0.0388. The van der Waals surface area contributed by atoms with E-state index in [0.29, 0.717) is 16.3 Å².